The van der Waals surface area contributed by atoms with Crippen molar-refractivity contribution in [3.8, 4) is 5.75 Å². The zero-order valence-electron chi connectivity index (χ0n) is 15.5. The van der Waals surface area contributed by atoms with Crippen molar-refractivity contribution in [1.82, 2.24) is 14.9 Å². The molecule has 0 fully saturated rings. The predicted octanol–water partition coefficient (Wildman–Crippen LogP) is 3.56. The third-order valence-electron chi connectivity index (χ3n) is 4.61. The molecule has 1 aromatic heterocycles. The summed E-state index contributed by atoms with van der Waals surface area (Å²) in [5.41, 5.74) is 3.74. The van der Waals surface area contributed by atoms with E-state index in [9.17, 15) is 4.79 Å². The average Bonchev–Trinajstić information content (AvgIpc) is 3.07. The van der Waals surface area contributed by atoms with Crippen LogP contribution in [0.4, 0.5) is 0 Å². The molecular weight excluding hydrogens is 326 g/mol. The molecule has 0 saturated carbocycles. The molecule has 1 atom stereocenters. The van der Waals surface area contributed by atoms with Gasteiger partial charge in [-0.1, -0.05) is 24.3 Å². The van der Waals surface area contributed by atoms with Crippen LogP contribution in [-0.2, 0) is 7.05 Å². The topological polar surface area (TPSA) is 56.1 Å². The first-order valence-corrected chi connectivity index (χ1v) is 8.49. The Hall–Kier alpha value is -3.08. The standard InChI is InChI=1S/C21H23N3O2/c1-14-9-10-16(13-15(14)2)21(25)23-19(20-22-11-12-24(20)3)17-7-5-6-8-18(17)26-4/h5-13,19H,1-4H3,(H,23,25). The molecule has 3 rings (SSSR count). The van der Waals surface area contributed by atoms with Crippen LogP contribution in [0.5, 0.6) is 5.75 Å². The molecule has 0 aliphatic heterocycles. The number of carbonyl (C=O) groups excluding carboxylic acids is 1. The van der Waals surface area contributed by atoms with Gasteiger partial charge >= 0.3 is 0 Å². The number of rotatable bonds is 5. The molecule has 0 spiro atoms. The van der Waals surface area contributed by atoms with Crippen LogP contribution in [0.25, 0.3) is 0 Å². The average molecular weight is 349 g/mol. The van der Waals surface area contributed by atoms with Crippen LogP contribution in [0.1, 0.15) is 38.9 Å². The lowest BCUT2D eigenvalue weighted by Gasteiger charge is -2.21. The second-order valence-electron chi connectivity index (χ2n) is 6.34. The number of nitrogens with one attached hydrogen (secondary N) is 1. The fraction of sp³-hybridized carbons (Fsp3) is 0.238. The Balaban J connectivity index is 2.00. The molecule has 5 heteroatoms. The van der Waals surface area contributed by atoms with E-state index < -0.39 is 6.04 Å². The highest BCUT2D eigenvalue weighted by atomic mass is 16.5. The maximum atomic E-state index is 12.9. The minimum atomic E-state index is -0.416. The van der Waals surface area contributed by atoms with Crippen LogP contribution in [0.3, 0.4) is 0 Å². The Kier molecular flexibility index (Phi) is 5.07. The van der Waals surface area contributed by atoms with Gasteiger partial charge in [0.25, 0.3) is 5.91 Å². The Morgan fingerprint density at radius 2 is 1.92 bits per heavy atom. The second-order valence-corrected chi connectivity index (χ2v) is 6.34. The summed E-state index contributed by atoms with van der Waals surface area (Å²) in [5, 5.41) is 3.11. The van der Waals surface area contributed by atoms with Gasteiger partial charge in [0, 0.05) is 30.6 Å². The van der Waals surface area contributed by atoms with Crippen LogP contribution in [0.2, 0.25) is 0 Å². The van der Waals surface area contributed by atoms with E-state index in [0.29, 0.717) is 11.3 Å². The van der Waals surface area contributed by atoms with E-state index in [1.807, 2.05) is 74.1 Å². The SMILES string of the molecule is COc1ccccc1C(NC(=O)c1ccc(C)c(C)c1)c1nccn1C. The summed E-state index contributed by atoms with van der Waals surface area (Å²) in [7, 11) is 3.53. The molecule has 3 aromatic rings. The van der Waals surface area contributed by atoms with E-state index in [-0.39, 0.29) is 5.91 Å². The molecule has 0 radical (unpaired) electrons. The van der Waals surface area contributed by atoms with Gasteiger partial charge in [0.1, 0.15) is 17.6 Å². The van der Waals surface area contributed by atoms with Gasteiger partial charge in [-0.2, -0.15) is 0 Å². The summed E-state index contributed by atoms with van der Waals surface area (Å²) < 4.78 is 7.40. The number of imidazole rings is 1. The van der Waals surface area contributed by atoms with Gasteiger partial charge in [0.15, 0.2) is 0 Å². The van der Waals surface area contributed by atoms with Crippen molar-refractivity contribution in [3.63, 3.8) is 0 Å². The molecule has 0 aliphatic carbocycles. The van der Waals surface area contributed by atoms with Gasteiger partial charge in [0.05, 0.1) is 7.11 Å². The Labute approximate surface area is 153 Å². The van der Waals surface area contributed by atoms with Crippen LogP contribution in [0, 0.1) is 13.8 Å². The first-order chi connectivity index (χ1) is 12.5. The fourth-order valence-electron chi connectivity index (χ4n) is 2.94. The molecular formula is C21H23N3O2. The van der Waals surface area contributed by atoms with E-state index in [2.05, 4.69) is 10.3 Å². The first-order valence-electron chi connectivity index (χ1n) is 8.49. The highest BCUT2D eigenvalue weighted by molar-refractivity contribution is 5.95. The molecule has 1 heterocycles. The van der Waals surface area contributed by atoms with Crippen LogP contribution in [0.15, 0.2) is 54.9 Å². The molecule has 5 nitrogen and oxygen atoms in total. The molecule has 0 aliphatic rings. The maximum Gasteiger partial charge on any atom is 0.252 e. The summed E-state index contributed by atoms with van der Waals surface area (Å²) in [5.74, 6) is 1.31. The summed E-state index contributed by atoms with van der Waals surface area (Å²) in [6.07, 6.45) is 3.58. The third-order valence-corrected chi connectivity index (χ3v) is 4.61. The van der Waals surface area contributed by atoms with Crippen molar-refractivity contribution < 1.29 is 9.53 Å². The van der Waals surface area contributed by atoms with Crippen molar-refractivity contribution >= 4 is 5.91 Å². The monoisotopic (exact) mass is 349 g/mol. The van der Waals surface area contributed by atoms with E-state index in [0.717, 1.165) is 22.5 Å². The number of amides is 1. The molecule has 0 bridgehead atoms. The molecule has 134 valence electrons. The number of hydrogen-bond acceptors (Lipinski definition) is 3. The smallest absolute Gasteiger partial charge is 0.252 e. The minimum Gasteiger partial charge on any atom is -0.496 e. The Morgan fingerprint density at radius 3 is 2.58 bits per heavy atom. The van der Waals surface area contributed by atoms with E-state index in [4.69, 9.17) is 4.74 Å². The number of nitrogens with zero attached hydrogens (tertiary/aromatic N) is 2. The normalized spacial score (nSPS) is 11.8. The highest BCUT2D eigenvalue weighted by Crippen LogP contribution is 2.29. The van der Waals surface area contributed by atoms with Gasteiger partial charge in [-0.15, -0.1) is 0 Å². The second kappa shape index (κ2) is 7.44. The first kappa shape index (κ1) is 17.7. The largest absolute Gasteiger partial charge is 0.496 e. The highest BCUT2D eigenvalue weighted by Gasteiger charge is 2.24. The lowest BCUT2D eigenvalue weighted by molar-refractivity contribution is 0.0940. The lowest BCUT2D eigenvalue weighted by atomic mass is 10.0. The van der Waals surface area contributed by atoms with Crippen LogP contribution in [-0.4, -0.2) is 22.6 Å². The number of aryl methyl sites for hydroxylation is 3. The van der Waals surface area contributed by atoms with Gasteiger partial charge in [-0.05, 0) is 43.2 Å². The molecule has 2 aromatic carbocycles. The van der Waals surface area contributed by atoms with Crippen molar-refractivity contribution in [2.45, 2.75) is 19.9 Å². The van der Waals surface area contributed by atoms with Crippen LogP contribution >= 0.6 is 0 Å². The molecule has 1 amide bonds. The van der Waals surface area contributed by atoms with Gasteiger partial charge in [-0.3, -0.25) is 4.79 Å². The maximum absolute atomic E-state index is 12.9. The number of aromatic nitrogens is 2. The Morgan fingerprint density at radius 1 is 1.15 bits per heavy atom. The molecule has 0 saturated heterocycles. The van der Waals surface area contributed by atoms with Crippen molar-refractivity contribution in [1.29, 1.82) is 0 Å². The van der Waals surface area contributed by atoms with Gasteiger partial charge in [-0.25, -0.2) is 4.98 Å². The number of methoxy groups -OCH3 is 1. The summed E-state index contributed by atoms with van der Waals surface area (Å²) >= 11 is 0. The molecule has 1 N–H and O–H groups in total. The van der Waals surface area contributed by atoms with E-state index in [1.165, 1.54) is 0 Å². The number of ether oxygens (including phenoxy) is 1. The molecule has 1 unspecified atom stereocenters. The number of para-hydroxylation sites is 1. The summed E-state index contributed by atoms with van der Waals surface area (Å²) in [6, 6.07) is 13.0. The van der Waals surface area contributed by atoms with E-state index >= 15 is 0 Å². The van der Waals surface area contributed by atoms with Gasteiger partial charge < -0.3 is 14.6 Å². The summed E-state index contributed by atoms with van der Waals surface area (Å²) in [4.78, 5) is 17.3. The quantitative estimate of drug-likeness (QED) is 0.766. The minimum absolute atomic E-state index is 0.146. The zero-order chi connectivity index (χ0) is 18.7. The predicted molar refractivity (Wildman–Crippen MR) is 101 cm³/mol. The number of hydrogen-bond donors (Lipinski definition) is 1. The lowest BCUT2D eigenvalue weighted by Crippen LogP contribution is -2.31. The fourth-order valence-corrected chi connectivity index (χ4v) is 2.94. The van der Waals surface area contributed by atoms with Crippen molar-refractivity contribution in [2.24, 2.45) is 7.05 Å². The van der Waals surface area contributed by atoms with Crippen LogP contribution < -0.4 is 10.1 Å². The van der Waals surface area contributed by atoms with Gasteiger partial charge in [0.2, 0.25) is 0 Å². The van der Waals surface area contributed by atoms with Crippen molar-refractivity contribution in [3.05, 3.63) is 82.9 Å². The Bertz CT molecular complexity index is 931. The molecule has 26 heavy (non-hydrogen) atoms. The third kappa shape index (κ3) is 3.47. The number of benzene rings is 2. The van der Waals surface area contributed by atoms with Crippen molar-refractivity contribution in [2.75, 3.05) is 7.11 Å². The zero-order valence-corrected chi connectivity index (χ0v) is 15.5. The van der Waals surface area contributed by atoms with E-state index in [1.54, 1.807) is 13.3 Å². The summed E-state index contributed by atoms with van der Waals surface area (Å²) in [6.45, 7) is 4.03. The number of carbonyl (C=O) groups is 1.